The van der Waals surface area contributed by atoms with Crippen molar-refractivity contribution in [3.63, 3.8) is 0 Å². The molecule has 31 heavy (non-hydrogen) atoms. The maximum atomic E-state index is 13.2. The molecule has 3 aliphatic rings. The van der Waals surface area contributed by atoms with Crippen molar-refractivity contribution >= 4 is 33.0 Å². The molecule has 0 radical (unpaired) electrons. The predicted molar refractivity (Wildman–Crippen MR) is 126 cm³/mol. The van der Waals surface area contributed by atoms with Gasteiger partial charge in [-0.25, -0.2) is 14.1 Å². The molecule has 2 aromatic rings. The number of benzene rings is 1. The first-order valence-electron chi connectivity index (χ1n) is 11.1. The van der Waals surface area contributed by atoms with Gasteiger partial charge in [0.15, 0.2) is 9.92 Å². The number of carbonyl (C=O) groups excluding carboxylic acids is 1. The molecule has 0 saturated heterocycles. The summed E-state index contributed by atoms with van der Waals surface area (Å²) in [6.07, 6.45) is 9.23. The fourth-order valence-electron chi connectivity index (χ4n) is 5.31. The van der Waals surface area contributed by atoms with Gasteiger partial charge < -0.3 is 10.2 Å². The van der Waals surface area contributed by atoms with Crippen LogP contribution in [0.15, 0.2) is 20.7 Å². The Bertz CT molecular complexity index is 1140. The molecule has 0 aliphatic heterocycles. The minimum Gasteiger partial charge on any atom is -0.306 e. The molecule has 2 amide bonds. The van der Waals surface area contributed by atoms with E-state index in [2.05, 4.69) is 34.7 Å². The highest BCUT2D eigenvalue weighted by atomic mass is 32.2. The van der Waals surface area contributed by atoms with Crippen LogP contribution in [0.3, 0.4) is 0 Å². The Morgan fingerprint density at radius 2 is 1.77 bits per heavy atom. The predicted octanol–water partition coefficient (Wildman–Crippen LogP) is 4.08. The van der Waals surface area contributed by atoms with Crippen LogP contribution in [0.25, 0.3) is 0 Å². The topological polar surface area (TPSA) is 87.8 Å². The summed E-state index contributed by atoms with van der Waals surface area (Å²) in [5, 5.41) is 9.11. The number of aryl methyl sites for hydroxylation is 3. The number of urea groups is 1. The summed E-state index contributed by atoms with van der Waals surface area (Å²) in [4.78, 5) is 16.3. The van der Waals surface area contributed by atoms with Gasteiger partial charge in [0.25, 0.3) is 0 Å². The normalized spacial score (nSPS) is 21.4. The SMILES string of the molecule is CN(C)C1CCc2cc(S(N)(=O)=NC(=O)Nc3c4c(cc5c3CCC5)CCC4)sc2C1. The minimum atomic E-state index is -3.27. The van der Waals surface area contributed by atoms with E-state index in [1.165, 1.54) is 44.0 Å². The average Bonchev–Trinajstić information content (AvgIpc) is 3.45. The number of thiophene rings is 1. The van der Waals surface area contributed by atoms with Gasteiger partial charge in [-0.1, -0.05) is 6.07 Å². The van der Waals surface area contributed by atoms with E-state index >= 15 is 0 Å². The summed E-state index contributed by atoms with van der Waals surface area (Å²) in [6.45, 7) is 0. The fourth-order valence-corrected chi connectivity index (χ4v) is 7.91. The van der Waals surface area contributed by atoms with Crippen LogP contribution in [0.4, 0.5) is 10.5 Å². The first kappa shape index (κ1) is 21.1. The molecule has 166 valence electrons. The first-order valence-corrected chi connectivity index (χ1v) is 13.5. The van der Waals surface area contributed by atoms with Crippen molar-refractivity contribution in [3.05, 3.63) is 44.8 Å². The van der Waals surface area contributed by atoms with Gasteiger partial charge in [-0.3, -0.25) is 0 Å². The van der Waals surface area contributed by atoms with Gasteiger partial charge in [0, 0.05) is 16.6 Å². The highest BCUT2D eigenvalue weighted by molar-refractivity contribution is 7.93. The second kappa shape index (κ2) is 7.99. The number of nitrogens with zero attached hydrogens (tertiary/aromatic N) is 2. The molecule has 3 aliphatic carbocycles. The van der Waals surface area contributed by atoms with Crippen LogP contribution in [0.1, 0.15) is 52.0 Å². The van der Waals surface area contributed by atoms with Gasteiger partial charge in [-0.05, 0) is 106 Å². The lowest BCUT2D eigenvalue weighted by molar-refractivity contribution is 0.260. The maximum Gasteiger partial charge on any atom is 0.354 e. The van der Waals surface area contributed by atoms with E-state index in [-0.39, 0.29) is 0 Å². The van der Waals surface area contributed by atoms with Crippen molar-refractivity contribution in [2.75, 3.05) is 19.4 Å². The van der Waals surface area contributed by atoms with Crippen LogP contribution in [-0.2, 0) is 48.4 Å². The summed E-state index contributed by atoms with van der Waals surface area (Å²) in [5.41, 5.74) is 7.25. The monoisotopic (exact) mass is 458 g/mol. The second-order valence-corrected chi connectivity index (χ2v) is 12.4. The van der Waals surface area contributed by atoms with Crippen LogP contribution in [0.2, 0.25) is 0 Å². The number of anilines is 1. The Kier molecular flexibility index (Phi) is 5.45. The molecule has 0 bridgehead atoms. The van der Waals surface area contributed by atoms with E-state index < -0.39 is 15.9 Å². The first-order chi connectivity index (χ1) is 14.8. The average molecular weight is 459 g/mol. The Hall–Kier alpha value is -1.74. The molecular formula is C23H30N4O2S2. The minimum absolute atomic E-state index is 0.482. The standard InChI is InChI=1S/C23H30N4O2S2/c1-27(2)17-10-9-16-12-21(30-20(16)13-17)31(24,29)26-23(28)25-22-18-7-3-5-14(18)11-15-6-4-8-19(15)22/h11-12,17H,3-10,13H2,1-2H3,(H3,24,25,26,28,29). The van der Waals surface area contributed by atoms with E-state index in [0.29, 0.717) is 10.3 Å². The number of hydrogen-bond acceptors (Lipinski definition) is 4. The van der Waals surface area contributed by atoms with Crippen molar-refractivity contribution in [2.45, 2.75) is 68.0 Å². The number of nitrogens with one attached hydrogen (secondary N) is 1. The number of fused-ring (bicyclic) bond motifs is 3. The molecule has 3 N–H and O–H groups in total. The number of rotatable bonds is 3. The van der Waals surface area contributed by atoms with Crippen molar-refractivity contribution in [1.29, 1.82) is 0 Å². The van der Waals surface area contributed by atoms with E-state index in [0.717, 1.165) is 63.5 Å². The van der Waals surface area contributed by atoms with Gasteiger partial charge in [0.2, 0.25) is 0 Å². The quantitative estimate of drug-likeness (QED) is 0.727. The lowest BCUT2D eigenvalue weighted by Crippen LogP contribution is -2.32. The summed E-state index contributed by atoms with van der Waals surface area (Å²) >= 11 is 1.45. The Balaban J connectivity index is 1.42. The van der Waals surface area contributed by atoms with Crippen LogP contribution < -0.4 is 10.5 Å². The van der Waals surface area contributed by atoms with Gasteiger partial charge in [0.05, 0.1) is 0 Å². The van der Waals surface area contributed by atoms with Crippen LogP contribution in [0, 0.1) is 0 Å². The van der Waals surface area contributed by atoms with E-state index in [9.17, 15) is 9.00 Å². The van der Waals surface area contributed by atoms with Crippen molar-refractivity contribution in [2.24, 2.45) is 9.50 Å². The third-order valence-electron chi connectivity index (χ3n) is 6.98. The Morgan fingerprint density at radius 1 is 1.10 bits per heavy atom. The molecule has 0 saturated carbocycles. The van der Waals surface area contributed by atoms with E-state index in [1.807, 2.05) is 6.07 Å². The van der Waals surface area contributed by atoms with Crippen LogP contribution in [0.5, 0.6) is 0 Å². The second-order valence-electron chi connectivity index (χ2n) is 9.20. The molecular weight excluding hydrogens is 428 g/mol. The number of hydrogen-bond donors (Lipinski definition) is 2. The molecule has 1 heterocycles. The molecule has 0 fully saturated rings. The highest BCUT2D eigenvalue weighted by Gasteiger charge is 2.27. The lowest BCUT2D eigenvalue weighted by atomic mass is 9.94. The zero-order valence-electron chi connectivity index (χ0n) is 18.2. The number of amides is 2. The summed E-state index contributed by atoms with van der Waals surface area (Å²) in [6, 6.07) is 4.11. The van der Waals surface area contributed by atoms with Crippen molar-refractivity contribution in [3.8, 4) is 0 Å². The van der Waals surface area contributed by atoms with Crippen LogP contribution in [-0.4, -0.2) is 35.3 Å². The Labute approximate surface area is 188 Å². The van der Waals surface area contributed by atoms with Crippen LogP contribution >= 0.6 is 11.3 Å². The summed E-state index contributed by atoms with van der Waals surface area (Å²) in [5.74, 6) is 0. The van der Waals surface area contributed by atoms with Gasteiger partial charge >= 0.3 is 6.03 Å². The molecule has 1 aromatic carbocycles. The highest BCUT2D eigenvalue weighted by Crippen LogP contribution is 2.39. The number of likely N-dealkylation sites (N-methyl/N-ethyl adjacent to an activating group) is 1. The third-order valence-corrected chi connectivity index (χ3v) is 10.1. The zero-order chi connectivity index (χ0) is 21.8. The van der Waals surface area contributed by atoms with E-state index in [4.69, 9.17) is 5.14 Å². The smallest absolute Gasteiger partial charge is 0.306 e. The Morgan fingerprint density at radius 3 is 2.42 bits per heavy atom. The van der Waals surface area contributed by atoms with Crippen molar-refractivity contribution in [1.82, 2.24) is 4.90 Å². The van der Waals surface area contributed by atoms with Gasteiger partial charge in [-0.15, -0.1) is 15.7 Å². The number of nitrogens with two attached hydrogens (primary N) is 1. The molecule has 0 spiro atoms. The fraction of sp³-hybridized carbons (Fsp3) is 0.522. The largest absolute Gasteiger partial charge is 0.354 e. The molecule has 6 nitrogen and oxygen atoms in total. The lowest BCUT2D eigenvalue weighted by Gasteiger charge is -2.27. The molecule has 2 unspecified atom stereocenters. The molecule has 8 heteroatoms. The maximum absolute atomic E-state index is 13.2. The summed E-state index contributed by atoms with van der Waals surface area (Å²) in [7, 11) is 0.909. The van der Waals surface area contributed by atoms with Gasteiger partial charge in [-0.2, -0.15) is 0 Å². The zero-order valence-corrected chi connectivity index (χ0v) is 19.8. The molecule has 5 rings (SSSR count). The molecule has 2 atom stereocenters. The summed E-state index contributed by atoms with van der Waals surface area (Å²) < 4.78 is 17.7. The van der Waals surface area contributed by atoms with E-state index in [1.54, 1.807) is 0 Å². The number of carbonyl (C=O) groups is 1. The third kappa shape index (κ3) is 3.95. The van der Waals surface area contributed by atoms with Crippen molar-refractivity contribution < 1.29 is 9.00 Å². The molecule has 1 aromatic heterocycles. The van der Waals surface area contributed by atoms with Gasteiger partial charge in [0.1, 0.15) is 4.21 Å².